The molecule has 2 heterocycles. The predicted octanol–water partition coefficient (Wildman–Crippen LogP) is 12.9. The molecule has 0 N–H and O–H groups in total. The maximum absolute atomic E-state index is 7.16. The number of nitrogens with zero attached hydrogens (tertiary/aromatic N) is 1. The summed E-state index contributed by atoms with van der Waals surface area (Å²) in [4.78, 5) is 2.29. The molecule has 220 valence electrons. The van der Waals surface area contributed by atoms with E-state index in [0.29, 0.717) is 0 Å². The molecule has 47 heavy (non-hydrogen) atoms. The van der Waals surface area contributed by atoms with E-state index in [1.807, 2.05) is 12.1 Å². The van der Waals surface area contributed by atoms with Gasteiger partial charge in [0.05, 0.1) is 11.4 Å². The Morgan fingerprint density at radius 1 is 0.362 bits per heavy atom. The Bertz CT molecular complexity index is 2790. The molecule has 2 aromatic heterocycles. The average Bonchev–Trinajstić information content (AvgIpc) is 3.72. The summed E-state index contributed by atoms with van der Waals surface area (Å²) in [5.74, 6) is 0. The SMILES string of the molecule is c1ccc(-c2ccc(N(c3ccccc3)c3ccc4c(c3)oc3ccccc34)c3oc4c5ccccc5c5ccccc5c4c23)cc1. The van der Waals surface area contributed by atoms with Gasteiger partial charge in [0.25, 0.3) is 0 Å². The molecule has 0 amide bonds. The standard InChI is InChI=1S/C44H27NO2/c1-3-13-28(14-4-1)31-25-26-38(44-41(31)42-36-20-9-7-17-32(36)33-18-8-10-21-37(33)43(42)47-44)45(29-15-5-2-6-16-29)30-23-24-35-34-19-11-12-22-39(34)46-40(35)27-30/h1-27H. The first-order valence-corrected chi connectivity index (χ1v) is 15.9. The normalized spacial score (nSPS) is 11.8. The molecule has 0 fully saturated rings. The Morgan fingerprint density at radius 2 is 0.979 bits per heavy atom. The quantitative estimate of drug-likeness (QED) is 0.188. The van der Waals surface area contributed by atoms with E-state index in [0.717, 1.165) is 77.5 Å². The van der Waals surface area contributed by atoms with Crippen molar-refractivity contribution in [2.75, 3.05) is 4.90 Å². The fraction of sp³-hybridized carbons (Fsp3) is 0. The maximum Gasteiger partial charge on any atom is 0.160 e. The van der Waals surface area contributed by atoms with Crippen LogP contribution in [0.3, 0.4) is 0 Å². The van der Waals surface area contributed by atoms with Gasteiger partial charge < -0.3 is 13.7 Å². The van der Waals surface area contributed by atoms with Gasteiger partial charge in [-0.05, 0) is 63.7 Å². The van der Waals surface area contributed by atoms with Crippen LogP contribution in [0.5, 0.6) is 0 Å². The van der Waals surface area contributed by atoms with Crippen LogP contribution in [-0.4, -0.2) is 0 Å². The molecule has 0 atom stereocenters. The number of anilines is 3. The second-order valence-electron chi connectivity index (χ2n) is 12.0. The van der Waals surface area contributed by atoms with Gasteiger partial charge in [-0.3, -0.25) is 0 Å². The molecule has 3 nitrogen and oxygen atoms in total. The van der Waals surface area contributed by atoms with E-state index >= 15 is 0 Å². The lowest BCUT2D eigenvalue weighted by Crippen LogP contribution is -2.10. The van der Waals surface area contributed by atoms with Gasteiger partial charge in [-0.15, -0.1) is 0 Å². The van der Waals surface area contributed by atoms with Crippen molar-refractivity contribution in [2.24, 2.45) is 0 Å². The van der Waals surface area contributed by atoms with Crippen LogP contribution in [-0.2, 0) is 0 Å². The molecular weight excluding hydrogens is 574 g/mol. The molecule has 0 bridgehead atoms. The molecule has 0 aliphatic carbocycles. The summed E-state index contributed by atoms with van der Waals surface area (Å²) in [6.07, 6.45) is 0. The Labute approximate surface area is 270 Å². The fourth-order valence-corrected chi connectivity index (χ4v) is 7.38. The zero-order valence-corrected chi connectivity index (χ0v) is 25.4. The van der Waals surface area contributed by atoms with E-state index in [1.165, 1.54) is 16.2 Å². The van der Waals surface area contributed by atoms with Crippen LogP contribution in [0.2, 0.25) is 0 Å². The van der Waals surface area contributed by atoms with E-state index < -0.39 is 0 Å². The number of rotatable bonds is 4. The molecule has 0 unspecified atom stereocenters. The van der Waals surface area contributed by atoms with Gasteiger partial charge in [0.15, 0.2) is 5.58 Å². The molecule has 8 aromatic carbocycles. The van der Waals surface area contributed by atoms with Crippen LogP contribution in [0.1, 0.15) is 0 Å². The largest absolute Gasteiger partial charge is 0.456 e. The molecule has 0 radical (unpaired) electrons. The number of para-hydroxylation sites is 2. The van der Waals surface area contributed by atoms with Gasteiger partial charge >= 0.3 is 0 Å². The topological polar surface area (TPSA) is 29.5 Å². The highest BCUT2D eigenvalue weighted by atomic mass is 16.3. The van der Waals surface area contributed by atoms with Crippen molar-refractivity contribution in [3.05, 3.63) is 164 Å². The first-order chi connectivity index (χ1) is 23.3. The maximum atomic E-state index is 7.16. The van der Waals surface area contributed by atoms with Crippen molar-refractivity contribution in [1.82, 2.24) is 0 Å². The minimum atomic E-state index is 0.844. The Morgan fingerprint density at radius 3 is 1.77 bits per heavy atom. The zero-order chi connectivity index (χ0) is 30.9. The van der Waals surface area contributed by atoms with Gasteiger partial charge in [-0.25, -0.2) is 0 Å². The molecule has 0 saturated heterocycles. The van der Waals surface area contributed by atoms with Crippen molar-refractivity contribution < 1.29 is 8.83 Å². The van der Waals surface area contributed by atoms with Crippen molar-refractivity contribution in [3.63, 3.8) is 0 Å². The van der Waals surface area contributed by atoms with Crippen molar-refractivity contribution >= 4 is 82.5 Å². The van der Waals surface area contributed by atoms with E-state index in [9.17, 15) is 0 Å². The lowest BCUT2D eigenvalue weighted by molar-refractivity contribution is 0.668. The fourth-order valence-electron chi connectivity index (χ4n) is 7.38. The van der Waals surface area contributed by atoms with Gasteiger partial charge in [-0.1, -0.05) is 121 Å². The van der Waals surface area contributed by atoms with Gasteiger partial charge in [-0.2, -0.15) is 0 Å². The number of hydrogen-bond donors (Lipinski definition) is 0. The van der Waals surface area contributed by atoms with E-state index in [4.69, 9.17) is 8.83 Å². The third kappa shape index (κ3) is 3.87. The Balaban J connectivity index is 1.35. The zero-order valence-electron chi connectivity index (χ0n) is 25.4. The first kappa shape index (κ1) is 26.0. The highest BCUT2D eigenvalue weighted by molar-refractivity contribution is 6.33. The van der Waals surface area contributed by atoms with Crippen molar-refractivity contribution in [3.8, 4) is 11.1 Å². The summed E-state index contributed by atoms with van der Waals surface area (Å²) in [5, 5.41) is 9.16. The van der Waals surface area contributed by atoms with Crippen LogP contribution >= 0.6 is 0 Å². The van der Waals surface area contributed by atoms with Crippen molar-refractivity contribution in [2.45, 2.75) is 0 Å². The van der Waals surface area contributed by atoms with Crippen LogP contribution < -0.4 is 4.90 Å². The summed E-state index contributed by atoms with van der Waals surface area (Å²) < 4.78 is 13.5. The number of hydrogen-bond acceptors (Lipinski definition) is 3. The first-order valence-electron chi connectivity index (χ1n) is 15.9. The highest BCUT2D eigenvalue weighted by Crippen LogP contribution is 2.49. The monoisotopic (exact) mass is 601 g/mol. The summed E-state index contributed by atoms with van der Waals surface area (Å²) in [6.45, 7) is 0. The molecule has 10 rings (SSSR count). The summed E-state index contributed by atoms with van der Waals surface area (Å²) in [5.41, 5.74) is 8.77. The second-order valence-corrected chi connectivity index (χ2v) is 12.0. The molecule has 0 aliphatic heterocycles. The van der Waals surface area contributed by atoms with Crippen LogP contribution in [0.15, 0.2) is 173 Å². The Kier molecular flexibility index (Phi) is 5.57. The number of fused-ring (bicyclic) bond motifs is 11. The van der Waals surface area contributed by atoms with Gasteiger partial charge in [0.1, 0.15) is 16.7 Å². The summed E-state index contributed by atoms with van der Waals surface area (Å²) in [7, 11) is 0. The van der Waals surface area contributed by atoms with E-state index in [1.54, 1.807) is 0 Å². The summed E-state index contributed by atoms with van der Waals surface area (Å²) >= 11 is 0. The third-order valence-corrected chi connectivity index (χ3v) is 9.44. The van der Waals surface area contributed by atoms with Gasteiger partial charge in [0, 0.05) is 38.7 Å². The highest BCUT2D eigenvalue weighted by Gasteiger charge is 2.25. The van der Waals surface area contributed by atoms with E-state index in [-0.39, 0.29) is 0 Å². The number of furan rings is 2. The number of benzene rings is 8. The van der Waals surface area contributed by atoms with Crippen LogP contribution in [0, 0.1) is 0 Å². The minimum absolute atomic E-state index is 0.844. The minimum Gasteiger partial charge on any atom is -0.456 e. The van der Waals surface area contributed by atoms with Crippen LogP contribution in [0.25, 0.3) is 76.5 Å². The smallest absolute Gasteiger partial charge is 0.160 e. The summed E-state index contributed by atoms with van der Waals surface area (Å²) in [6, 6.07) is 57.6. The lowest BCUT2D eigenvalue weighted by Gasteiger charge is -2.26. The van der Waals surface area contributed by atoms with E-state index in [2.05, 4.69) is 157 Å². The van der Waals surface area contributed by atoms with Crippen LogP contribution in [0.4, 0.5) is 17.1 Å². The second kappa shape index (κ2) is 10.1. The molecule has 0 aliphatic rings. The predicted molar refractivity (Wildman–Crippen MR) is 196 cm³/mol. The van der Waals surface area contributed by atoms with Crippen molar-refractivity contribution in [1.29, 1.82) is 0 Å². The average molecular weight is 602 g/mol. The third-order valence-electron chi connectivity index (χ3n) is 9.44. The Hall–Kier alpha value is -6.32. The molecule has 3 heteroatoms. The lowest BCUT2D eigenvalue weighted by atomic mass is 9.93. The molecular formula is C44H27NO2. The molecule has 0 spiro atoms. The van der Waals surface area contributed by atoms with Gasteiger partial charge in [0.2, 0.25) is 0 Å². The molecule has 0 saturated carbocycles. The molecule has 10 aromatic rings.